The van der Waals surface area contributed by atoms with Crippen LogP contribution in [0, 0.1) is 5.92 Å². The Bertz CT molecular complexity index is 426. The number of carbonyl (C=O) groups is 1. The van der Waals surface area contributed by atoms with Crippen LogP contribution in [0.3, 0.4) is 0 Å². The van der Waals surface area contributed by atoms with E-state index < -0.39 is 0 Å². The number of hydrogen-bond donors (Lipinski definition) is 1. The van der Waals surface area contributed by atoms with Crippen LogP contribution >= 0.6 is 0 Å². The van der Waals surface area contributed by atoms with E-state index in [9.17, 15) is 4.79 Å². The Labute approximate surface area is 108 Å². The third kappa shape index (κ3) is 2.54. The van der Waals surface area contributed by atoms with Gasteiger partial charge in [-0.1, -0.05) is 20.8 Å². The molecule has 2 heterocycles. The lowest BCUT2D eigenvalue weighted by Gasteiger charge is -2.36. The number of amides is 1. The summed E-state index contributed by atoms with van der Waals surface area (Å²) in [4.78, 5) is 18.6. The molecule has 5 heteroatoms. The topological polar surface area (TPSA) is 61.9 Å². The van der Waals surface area contributed by atoms with Gasteiger partial charge in [-0.15, -0.1) is 5.10 Å². The quantitative estimate of drug-likeness (QED) is 0.875. The monoisotopic (exact) mass is 250 g/mol. The zero-order chi connectivity index (χ0) is 13.3. The summed E-state index contributed by atoms with van der Waals surface area (Å²) < 4.78 is 0. The molecule has 1 saturated heterocycles. The summed E-state index contributed by atoms with van der Waals surface area (Å²) in [5.74, 6) is 1.86. The van der Waals surface area contributed by atoms with Gasteiger partial charge in [0.2, 0.25) is 5.82 Å². The van der Waals surface area contributed by atoms with E-state index in [4.69, 9.17) is 0 Å². The first-order chi connectivity index (χ1) is 8.49. The third-order valence-corrected chi connectivity index (χ3v) is 3.62. The summed E-state index contributed by atoms with van der Waals surface area (Å²) in [6.07, 6.45) is 2.25. The number of aromatic nitrogens is 3. The van der Waals surface area contributed by atoms with Crippen LogP contribution in [0.5, 0.6) is 0 Å². The first-order valence-electron chi connectivity index (χ1n) is 6.72. The van der Waals surface area contributed by atoms with Crippen molar-refractivity contribution in [2.45, 2.75) is 52.5 Å². The van der Waals surface area contributed by atoms with Crippen LogP contribution in [-0.4, -0.2) is 38.6 Å². The first-order valence-corrected chi connectivity index (χ1v) is 6.72. The lowest BCUT2D eigenvalue weighted by atomic mass is 9.95. The van der Waals surface area contributed by atoms with Crippen molar-refractivity contribution >= 4 is 5.91 Å². The van der Waals surface area contributed by atoms with Crippen LogP contribution in [0.1, 0.15) is 62.9 Å². The van der Waals surface area contributed by atoms with Gasteiger partial charge in [0.15, 0.2) is 0 Å². The maximum atomic E-state index is 12.4. The molecule has 1 amide bonds. The number of aromatic amines is 1. The highest BCUT2D eigenvalue weighted by Crippen LogP contribution is 2.22. The van der Waals surface area contributed by atoms with Crippen LogP contribution < -0.4 is 0 Å². The Morgan fingerprint density at radius 3 is 2.72 bits per heavy atom. The number of H-pyrrole nitrogens is 1. The van der Waals surface area contributed by atoms with E-state index in [1.807, 2.05) is 18.7 Å². The molecule has 1 fully saturated rings. The minimum absolute atomic E-state index is 0.0443. The van der Waals surface area contributed by atoms with Gasteiger partial charge in [0.1, 0.15) is 5.82 Å². The van der Waals surface area contributed by atoms with Crippen molar-refractivity contribution in [3.63, 3.8) is 0 Å². The maximum absolute atomic E-state index is 12.4. The van der Waals surface area contributed by atoms with E-state index in [0.29, 0.717) is 11.7 Å². The van der Waals surface area contributed by atoms with Crippen molar-refractivity contribution in [3.05, 3.63) is 11.6 Å². The molecule has 1 aliphatic heterocycles. The fraction of sp³-hybridized carbons (Fsp3) is 0.769. The summed E-state index contributed by atoms with van der Waals surface area (Å²) in [6, 6.07) is 0.287. The molecule has 0 saturated carbocycles. The molecular weight excluding hydrogens is 228 g/mol. The van der Waals surface area contributed by atoms with Gasteiger partial charge in [-0.25, -0.2) is 4.98 Å². The zero-order valence-corrected chi connectivity index (χ0v) is 11.6. The molecule has 2 atom stereocenters. The van der Waals surface area contributed by atoms with Crippen LogP contribution in [0.25, 0.3) is 0 Å². The average molecular weight is 250 g/mol. The molecule has 1 aromatic rings. The highest BCUT2D eigenvalue weighted by atomic mass is 16.2. The summed E-state index contributed by atoms with van der Waals surface area (Å²) >= 11 is 0. The number of rotatable bonds is 2. The smallest absolute Gasteiger partial charge is 0.293 e. The van der Waals surface area contributed by atoms with Gasteiger partial charge in [-0.05, 0) is 25.7 Å². The van der Waals surface area contributed by atoms with E-state index in [2.05, 4.69) is 29.0 Å². The minimum Gasteiger partial charge on any atom is -0.333 e. The lowest BCUT2D eigenvalue weighted by molar-refractivity contribution is 0.0562. The summed E-state index contributed by atoms with van der Waals surface area (Å²) in [5, 5.41) is 6.89. The molecule has 0 bridgehead atoms. The van der Waals surface area contributed by atoms with Crippen LogP contribution in [0.2, 0.25) is 0 Å². The van der Waals surface area contributed by atoms with Crippen LogP contribution in [-0.2, 0) is 0 Å². The molecule has 2 rings (SSSR count). The molecular formula is C13H22N4O. The van der Waals surface area contributed by atoms with Crippen molar-refractivity contribution in [1.29, 1.82) is 0 Å². The Kier molecular flexibility index (Phi) is 3.68. The average Bonchev–Trinajstić information content (AvgIpc) is 2.81. The molecule has 1 N–H and O–H groups in total. The van der Waals surface area contributed by atoms with E-state index >= 15 is 0 Å². The Morgan fingerprint density at radius 1 is 1.39 bits per heavy atom. The predicted molar refractivity (Wildman–Crippen MR) is 69.4 cm³/mol. The molecule has 18 heavy (non-hydrogen) atoms. The van der Waals surface area contributed by atoms with Crippen molar-refractivity contribution in [2.75, 3.05) is 6.54 Å². The minimum atomic E-state index is -0.0443. The molecule has 100 valence electrons. The van der Waals surface area contributed by atoms with Crippen LogP contribution in [0.15, 0.2) is 0 Å². The molecule has 0 aliphatic carbocycles. The molecule has 1 aliphatic rings. The van der Waals surface area contributed by atoms with Gasteiger partial charge in [0, 0.05) is 18.5 Å². The number of likely N-dealkylation sites (tertiary alicyclic amines) is 1. The SMILES string of the molecule is CC1CCC(C)N(C(=O)c2n[nH]c(C(C)C)n2)C1. The van der Waals surface area contributed by atoms with E-state index in [-0.39, 0.29) is 17.9 Å². The Hall–Kier alpha value is -1.39. The van der Waals surface area contributed by atoms with Gasteiger partial charge < -0.3 is 4.90 Å². The second kappa shape index (κ2) is 5.08. The standard InChI is InChI=1S/C13H22N4O/c1-8(2)11-14-12(16-15-11)13(18)17-7-9(3)5-6-10(17)4/h8-10H,5-7H2,1-4H3,(H,14,15,16). The van der Waals surface area contributed by atoms with Crippen molar-refractivity contribution in [1.82, 2.24) is 20.1 Å². The van der Waals surface area contributed by atoms with Crippen molar-refractivity contribution in [2.24, 2.45) is 5.92 Å². The molecule has 1 aromatic heterocycles. The Balaban J connectivity index is 2.14. The maximum Gasteiger partial charge on any atom is 0.293 e. The first kappa shape index (κ1) is 13.1. The fourth-order valence-electron chi connectivity index (χ4n) is 2.33. The predicted octanol–water partition coefficient (Wildman–Crippen LogP) is 2.19. The van der Waals surface area contributed by atoms with Gasteiger partial charge in [0.05, 0.1) is 0 Å². The number of carbonyl (C=O) groups excluding carboxylic acids is 1. The van der Waals surface area contributed by atoms with E-state index in [0.717, 1.165) is 18.8 Å². The van der Waals surface area contributed by atoms with Gasteiger partial charge in [-0.2, -0.15) is 0 Å². The number of nitrogens with one attached hydrogen (secondary N) is 1. The Morgan fingerprint density at radius 2 is 2.11 bits per heavy atom. The second-order valence-electron chi connectivity index (χ2n) is 5.69. The molecule has 0 spiro atoms. The summed E-state index contributed by atoms with van der Waals surface area (Å²) in [7, 11) is 0. The van der Waals surface area contributed by atoms with Gasteiger partial charge in [0.25, 0.3) is 5.91 Å². The highest BCUT2D eigenvalue weighted by molar-refractivity contribution is 5.90. The van der Waals surface area contributed by atoms with E-state index in [1.165, 1.54) is 6.42 Å². The largest absolute Gasteiger partial charge is 0.333 e. The van der Waals surface area contributed by atoms with Gasteiger partial charge >= 0.3 is 0 Å². The zero-order valence-electron chi connectivity index (χ0n) is 11.6. The van der Waals surface area contributed by atoms with E-state index in [1.54, 1.807) is 0 Å². The third-order valence-electron chi connectivity index (χ3n) is 3.62. The van der Waals surface area contributed by atoms with Crippen molar-refractivity contribution in [3.8, 4) is 0 Å². The lowest BCUT2D eigenvalue weighted by Crippen LogP contribution is -2.45. The highest BCUT2D eigenvalue weighted by Gasteiger charge is 2.29. The summed E-state index contributed by atoms with van der Waals surface area (Å²) in [5.41, 5.74) is 0. The summed E-state index contributed by atoms with van der Waals surface area (Å²) in [6.45, 7) is 9.15. The number of hydrogen-bond acceptors (Lipinski definition) is 3. The fourth-order valence-corrected chi connectivity index (χ4v) is 2.33. The molecule has 2 unspecified atom stereocenters. The molecule has 0 aromatic carbocycles. The molecule has 5 nitrogen and oxygen atoms in total. The van der Waals surface area contributed by atoms with Gasteiger partial charge in [-0.3, -0.25) is 9.89 Å². The number of piperidine rings is 1. The normalized spacial score (nSPS) is 24.6. The molecule has 0 radical (unpaired) electrons. The van der Waals surface area contributed by atoms with Crippen molar-refractivity contribution < 1.29 is 4.79 Å². The number of nitrogens with zero attached hydrogens (tertiary/aromatic N) is 3. The second-order valence-corrected chi connectivity index (χ2v) is 5.69. The van der Waals surface area contributed by atoms with Crippen LogP contribution in [0.4, 0.5) is 0 Å².